The second-order valence-corrected chi connectivity index (χ2v) is 5.63. The van der Waals surface area contributed by atoms with E-state index in [1.165, 1.54) is 24.3 Å². The van der Waals surface area contributed by atoms with Crippen molar-refractivity contribution in [1.82, 2.24) is 5.32 Å². The van der Waals surface area contributed by atoms with E-state index in [0.717, 1.165) is 0 Å². The molecule has 2 N–H and O–H groups in total. The number of hydrogen-bond acceptors (Lipinski definition) is 7. The molecule has 0 atom stereocenters. The first-order chi connectivity index (χ1) is 13.9. The highest BCUT2D eigenvalue weighted by Crippen LogP contribution is 2.18. The third-order valence-corrected chi connectivity index (χ3v) is 3.53. The summed E-state index contributed by atoms with van der Waals surface area (Å²) < 4.78 is 10.1. The van der Waals surface area contributed by atoms with Crippen LogP contribution in [0.2, 0.25) is 0 Å². The van der Waals surface area contributed by atoms with Crippen LogP contribution in [-0.2, 0) is 14.3 Å². The van der Waals surface area contributed by atoms with Crippen molar-refractivity contribution >= 4 is 29.2 Å². The van der Waals surface area contributed by atoms with Gasteiger partial charge in [-0.25, -0.2) is 0 Å². The zero-order valence-corrected chi connectivity index (χ0v) is 15.5. The van der Waals surface area contributed by atoms with Crippen LogP contribution in [0.4, 0.5) is 11.4 Å². The molecule has 2 aromatic carbocycles. The highest BCUT2D eigenvalue weighted by Gasteiger charge is 2.15. The first-order valence-electron chi connectivity index (χ1n) is 8.60. The SMILES string of the molecule is CCOc1ccccc1C(=O)NCC(=O)OCC(=O)Nc1cccc([N+](=O)[O-])c1. The van der Waals surface area contributed by atoms with Crippen LogP contribution in [0.25, 0.3) is 0 Å². The number of carbonyl (C=O) groups is 3. The van der Waals surface area contributed by atoms with E-state index in [0.29, 0.717) is 12.4 Å². The molecule has 0 saturated carbocycles. The first kappa shape index (κ1) is 21.4. The molecule has 0 bridgehead atoms. The Balaban J connectivity index is 1.80. The normalized spacial score (nSPS) is 9.97. The van der Waals surface area contributed by atoms with E-state index in [9.17, 15) is 24.5 Å². The Hall–Kier alpha value is -3.95. The fourth-order valence-corrected chi connectivity index (χ4v) is 2.27. The molecule has 10 nitrogen and oxygen atoms in total. The topological polar surface area (TPSA) is 137 Å². The summed E-state index contributed by atoms with van der Waals surface area (Å²) in [5.41, 5.74) is 0.279. The van der Waals surface area contributed by atoms with Gasteiger partial charge < -0.3 is 20.1 Å². The van der Waals surface area contributed by atoms with E-state index >= 15 is 0 Å². The van der Waals surface area contributed by atoms with Crippen LogP contribution in [0.15, 0.2) is 48.5 Å². The molecule has 0 radical (unpaired) electrons. The van der Waals surface area contributed by atoms with Gasteiger partial charge in [-0.3, -0.25) is 24.5 Å². The summed E-state index contributed by atoms with van der Waals surface area (Å²) in [5, 5.41) is 15.5. The molecule has 10 heteroatoms. The van der Waals surface area contributed by atoms with E-state index in [4.69, 9.17) is 9.47 Å². The van der Waals surface area contributed by atoms with E-state index in [1.54, 1.807) is 31.2 Å². The van der Waals surface area contributed by atoms with Gasteiger partial charge in [-0.1, -0.05) is 18.2 Å². The number of ether oxygens (including phenoxy) is 2. The maximum Gasteiger partial charge on any atom is 0.325 e. The number of amides is 2. The highest BCUT2D eigenvalue weighted by molar-refractivity contribution is 5.98. The Morgan fingerprint density at radius 3 is 2.59 bits per heavy atom. The zero-order valence-electron chi connectivity index (χ0n) is 15.5. The summed E-state index contributed by atoms with van der Waals surface area (Å²) in [4.78, 5) is 45.9. The lowest BCUT2D eigenvalue weighted by Gasteiger charge is -2.10. The molecule has 2 amide bonds. The molecule has 0 fully saturated rings. The molecule has 0 unspecified atom stereocenters. The van der Waals surface area contributed by atoms with Crippen molar-refractivity contribution in [3.8, 4) is 5.75 Å². The second kappa shape index (κ2) is 10.4. The van der Waals surface area contributed by atoms with E-state index < -0.39 is 35.9 Å². The van der Waals surface area contributed by atoms with Crippen molar-refractivity contribution < 1.29 is 28.8 Å². The maximum absolute atomic E-state index is 12.2. The molecule has 0 aliphatic rings. The Kier molecular flexibility index (Phi) is 7.66. The summed E-state index contributed by atoms with van der Waals surface area (Å²) in [6, 6.07) is 11.9. The van der Waals surface area contributed by atoms with Crippen molar-refractivity contribution in [2.75, 3.05) is 25.1 Å². The number of esters is 1. The van der Waals surface area contributed by atoms with Crippen LogP contribution in [-0.4, -0.2) is 42.5 Å². The average Bonchev–Trinajstić information content (AvgIpc) is 2.71. The average molecular weight is 401 g/mol. The zero-order chi connectivity index (χ0) is 21.2. The Morgan fingerprint density at radius 1 is 1.10 bits per heavy atom. The number of nitro benzene ring substituents is 1. The molecule has 0 aliphatic carbocycles. The molecule has 29 heavy (non-hydrogen) atoms. The van der Waals surface area contributed by atoms with E-state index in [2.05, 4.69) is 10.6 Å². The van der Waals surface area contributed by atoms with Crippen molar-refractivity contribution in [1.29, 1.82) is 0 Å². The Labute approximate surface area is 166 Å². The van der Waals surface area contributed by atoms with E-state index in [1.807, 2.05) is 0 Å². The minimum Gasteiger partial charge on any atom is -0.493 e. The van der Waals surface area contributed by atoms with Gasteiger partial charge in [0.25, 0.3) is 17.5 Å². The Morgan fingerprint density at radius 2 is 1.86 bits per heavy atom. The first-order valence-corrected chi connectivity index (χ1v) is 8.60. The van der Waals surface area contributed by atoms with Crippen molar-refractivity contribution in [2.24, 2.45) is 0 Å². The predicted octanol–water partition coefficient (Wildman–Crippen LogP) is 1.91. The Bertz CT molecular complexity index is 914. The number of non-ortho nitro benzene ring substituents is 1. The third kappa shape index (κ3) is 6.61. The van der Waals surface area contributed by atoms with Gasteiger partial charge in [-0.15, -0.1) is 0 Å². The number of rotatable bonds is 9. The molecule has 2 rings (SSSR count). The van der Waals surface area contributed by atoms with Crippen LogP contribution in [0.5, 0.6) is 5.75 Å². The third-order valence-electron chi connectivity index (χ3n) is 3.53. The van der Waals surface area contributed by atoms with Gasteiger partial charge >= 0.3 is 5.97 Å². The van der Waals surface area contributed by atoms with Crippen LogP contribution in [0.3, 0.4) is 0 Å². The molecular weight excluding hydrogens is 382 g/mol. The molecular formula is C19H19N3O7. The molecule has 2 aromatic rings. The van der Waals surface area contributed by atoms with Crippen molar-refractivity contribution in [2.45, 2.75) is 6.92 Å². The fraction of sp³-hybridized carbons (Fsp3) is 0.211. The number of hydrogen-bond donors (Lipinski definition) is 2. The lowest BCUT2D eigenvalue weighted by molar-refractivity contribution is -0.384. The molecule has 0 heterocycles. The summed E-state index contributed by atoms with van der Waals surface area (Å²) >= 11 is 0. The lowest BCUT2D eigenvalue weighted by atomic mass is 10.2. The summed E-state index contributed by atoms with van der Waals surface area (Å²) in [5.74, 6) is -1.63. The van der Waals surface area contributed by atoms with Gasteiger partial charge in [0.1, 0.15) is 12.3 Å². The van der Waals surface area contributed by atoms with Gasteiger partial charge in [0.15, 0.2) is 6.61 Å². The number of nitrogens with one attached hydrogen (secondary N) is 2. The molecule has 0 aromatic heterocycles. The van der Waals surface area contributed by atoms with Gasteiger partial charge in [0.2, 0.25) is 0 Å². The number of carbonyl (C=O) groups excluding carboxylic acids is 3. The standard InChI is InChI=1S/C19H19N3O7/c1-2-28-16-9-4-3-8-15(16)19(25)20-11-18(24)29-12-17(23)21-13-6-5-7-14(10-13)22(26)27/h3-10H,2,11-12H2,1H3,(H,20,25)(H,21,23). The minimum absolute atomic E-state index is 0.185. The van der Waals surface area contributed by atoms with Crippen LogP contribution in [0.1, 0.15) is 17.3 Å². The molecule has 152 valence electrons. The number of anilines is 1. The summed E-state index contributed by atoms with van der Waals surface area (Å²) in [6.07, 6.45) is 0. The number of para-hydroxylation sites is 1. The lowest BCUT2D eigenvalue weighted by Crippen LogP contribution is -2.32. The smallest absolute Gasteiger partial charge is 0.325 e. The monoisotopic (exact) mass is 401 g/mol. The highest BCUT2D eigenvalue weighted by atomic mass is 16.6. The summed E-state index contributed by atoms with van der Waals surface area (Å²) in [6.45, 7) is 1.12. The van der Waals surface area contributed by atoms with Crippen LogP contribution in [0, 0.1) is 10.1 Å². The van der Waals surface area contributed by atoms with Gasteiger partial charge in [-0.05, 0) is 25.1 Å². The number of nitro groups is 1. The predicted molar refractivity (Wildman–Crippen MR) is 103 cm³/mol. The van der Waals surface area contributed by atoms with Gasteiger partial charge in [-0.2, -0.15) is 0 Å². The van der Waals surface area contributed by atoms with Crippen LogP contribution < -0.4 is 15.4 Å². The quantitative estimate of drug-likeness (QED) is 0.372. The summed E-state index contributed by atoms with van der Waals surface area (Å²) in [7, 11) is 0. The number of nitrogens with zero attached hydrogens (tertiary/aromatic N) is 1. The second-order valence-electron chi connectivity index (χ2n) is 5.63. The number of benzene rings is 2. The van der Waals surface area contributed by atoms with E-state index in [-0.39, 0.29) is 16.9 Å². The van der Waals surface area contributed by atoms with Crippen molar-refractivity contribution in [3.63, 3.8) is 0 Å². The fourth-order valence-electron chi connectivity index (χ4n) is 2.27. The van der Waals surface area contributed by atoms with Crippen molar-refractivity contribution in [3.05, 3.63) is 64.2 Å². The largest absolute Gasteiger partial charge is 0.493 e. The van der Waals surface area contributed by atoms with Crippen LogP contribution >= 0.6 is 0 Å². The van der Waals surface area contributed by atoms with Gasteiger partial charge in [0, 0.05) is 17.8 Å². The minimum atomic E-state index is -0.818. The molecule has 0 aliphatic heterocycles. The molecule has 0 saturated heterocycles. The maximum atomic E-state index is 12.2. The molecule has 0 spiro atoms. The van der Waals surface area contributed by atoms with Gasteiger partial charge in [0.05, 0.1) is 17.1 Å².